The Morgan fingerprint density at radius 1 is 1.30 bits per heavy atom. The van der Waals surface area contributed by atoms with Gasteiger partial charge in [0.15, 0.2) is 0 Å². The summed E-state index contributed by atoms with van der Waals surface area (Å²) in [5, 5.41) is 2.06. The highest BCUT2D eigenvalue weighted by molar-refractivity contribution is 7.10. The lowest BCUT2D eigenvalue weighted by Gasteiger charge is -2.27. The van der Waals surface area contributed by atoms with Crippen LogP contribution in [-0.2, 0) is 9.59 Å². The average molecular weight is 385 g/mol. The summed E-state index contributed by atoms with van der Waals surface area (Å²) in [6.45, 7) is 3.19. The van der Waals surface area contributed by atoms with Gasteiger partial charge in [-0.25, -0.2) is 0 Å². The number of ether oxygens (including phenoxy) is 1. The molecule has 2 saturated heterocycles. The lowest BCUT2D eigenvalue weighted by molar-refractivity contribution is -0.136. The van der Waals surface area contributed by atoms with Crippen molar-refractivity contribution in [3.8, 4) is 5.75 Å². The number of methoxy groups -OCH3 is 1. The first-order valence-corrected chi connectivity index (χ1v) is 10.3. The molecule has 6 heteroatoms. The number of likely N-dealkylation sites (tertiary alicyclic amines) is 1. The van der Waals surface area contributed by atoms with E-state index >= 15 is 0 Å². The third kappa shape index (κ3) is 3.34. The van der Waals surface area contributed by atoms with E-state index in [1.54, 1.807) is 23.3 Å². The van der Waals surface area contributed by atoms with Gasteiger partial charge in [-0.05, 0) is 48.9 Å². The van der Waals surface area contributed by atoms with Crippen LogP contribution in [-0.4, -0.2) is 36.9 Å². The van der Waals surface area contributed by atoms with Crippen molar-refractivity contribution in [3.05, 3.63) is 46.2 Å². The smallest absolute Gasteiger partial charge is 0.228 e. The molecular weight excluding hydrogens is 360 g/mol. The van der Waals surface area contributed by atoms with Crippen LogP contribution in [0.2, 0.25) is 0 Å². The minimum absolute atomic E-state index is 0.0101. The number of benzene rings is 1. The maximum absolute atomic E-state index is 13.2. The van der Waals surface area contributed by atoms with Crippen LogP contribution in [0.4, 0.5) is 5.69 Å². The van der Waals surface area contributed by atoms with Gasteiger partial charge >= 0.3 is 0 Å². The number of amides is 2. The normalized spacial score (nSPS) is 22.5. The highest BCUT2D eigenvalue weighted by Gasteiger charge is 2.41. The highest BCUT2D eigenvalue weighted by atomic mass is 32.1. The lowest BCUT2D eigenvalue weighted by Crippen LogP contribution is -2.37. The van der Waals surface area contributed by atoms with E-state index in [4.69, 9.17) is 4.74 Å². The predicted octanol–water partition coefficient (Wildman–Crippen LogP) is 3.78. The first-order valence-electron chi connectivity index (χ1n) is 9.37. The fourth-order valence-electron chi connectivity index (χ4n) is 4.16. The first-order chi connectivity index (χ1) is 13.1. The van der Waals surface area contributed by atoms with E-state index in [0.717, 1.165) is 30.6 Å². The number of nitrogens with zero attached hydrogens (tertiary/aromatic N) is 2. The van der Waals surface area contributed by atoms with Crippen molar-refractivity contribution in [2.24, 2.45) is 5.92 Å². The Morgan fingerprint density at radius 2 is 2.15 bits per heavy atom. The van der Waals surface area contributed by atoms with Crippen LogP contribution in [0.1, 0.15) is 35.7 Å². The molecule has 2 aliphatic heterocycles. The summed E-state index contributed by atoms with van der Waals surface area (Å²) in [5.74, 6) is 0.473. The Balaban J connectivity index is 1.54. The second-order valence-electron chi connectivity index (χ2n) is 7.29. The van der Waals surface area contributed by atoms with Crippen molar-refractivity contribution >= 4 is 28.8 Å². The van der Waals surface area contributed by atoms with Crippen LogP contribution in [0.25, 0.3) is 0 Å². The van der Waals surface area contributed by atoms with Gasteiger partial charge in [0.1, 0.15) is 5.75 Å². The van der Waals surface area contributed by atoms with Gasteiger partial charge in [-0.3, -0.25) is 9.59 Å². The van der Waals surface area contributed by atoms with Crippen molar-refractivity contribution in [2.75, 3.05) is 25.1 Å². The molecule has 27 heavy (non-hydrogen) atoms. The van der Waals surface area contributed by atoms with Gasteiger partial charge in [0, 0.05) is 24.4 Å². The molecule has 5 nitrogen and oxygen atoms in total. The summed E-state index contributed by atoms with van der Waals surface area (Å²) in [6.07, 6.45) is 2.29. The largest absolute Gasteiger partial charge is 0.495 e. The standard InChI is InChI=1S/C21H24N2O3S/c1-14-7-8-18(26-2)17(11-14)23-13-15(12-20(23)24)21(25)22-9-3-5-16(22)19-6-4-10-27-19/h4,6-8,10-11,15-16H,3,5,9,12-13H2,1-2H3. The predicted molar refractivity (Wildman–Crippen MR) is 106 cm³/mol. The molecule has 2 aromatic rings. The van der Waals surface area contributed by atoms with Crippen LogP contribution in [0.15, 0.2) is 35.7 Å². The molecule has 2 amide bonds. The fraction of sp³-hybridized carbons (Fsp3) is 0.429. The zero-order chi connectivity index (χ0) is 19.0. The molecule has 142 valence electrons. The van der Waals surface area contributed by atoms with Gasteiger partial charge in [-0.2, -0.15) is 0 Å². The Morgan fingerprint density at radius 3 is 2.89 bits per heavy atom. The number of hydrogen-bond acceptors (Lipinski definition) is 4. The number of hydrogen-bond donors (Lipinski definition) is 0. The molecule has 0 spiro atoms. The summed E-state index contributed by atoms with van der Waals surface area (Å²) >= 11 is 1.70. The summed E-state index contributed by atoms with van der Waals surface area (Å²) in [5.41, 5.74) is 1.82. The SMILES string of the molecule is COc1ccc(C)cc1N1CC(C(=O)N2CCCC2c2cccs2)CC1=O. The minimum Gasteiger partial charge on any atom is -0.495 e. The summed E-state index contributed by atoms with van der Waals surface area (Å²) in [4.78, 5) is 30.9. The van der Waals surface area contributed by atoms with Gasteiger partial charge in [0.05, 0.1) is 24.8 Å². The van der Waals surface area contributed by atoms with Crippen molar-refractivity contribution in [3.63, 3.8) is 0 Å². The van der Waals surface area contributed by atoms with Crippen LogP contribution in [0.3, 0.4) is 0 Å². The molecule has 0 radical (unpaired) electrons. The average Bonchev–Trinajstić information content (AvgIpc) is 3.41. The number of thiophene rings is 1. The van der Waals surface area contributed by atoms with Gasteiger partial charge in [0.25, 0.3) is 0 Å². The van der Waals surface area contributed by atoms with E-state index in [-0.39, 0.29) is 30.2 Å². The number of aryl methyl sites for hydroxylation is 1. The molecule has 2 unspecified atom stereocenters. The molecule has 0 bridgehead atoms. The van der Waals surface area contributed by atoms with Crippen molar-refractivity contribution in [1.82, 2.24) is 4.90 Å². The van der Waals surface area contributed by atoms with E-state index in [1.807, 2.05) is 36.1 Å². The Hall–Kier alpha value is -2.34. The van der Waals surface area contributed by atoms with Gasteiger partial charge in [0.2, 0.25) is 11.8 Å². The molecule has 0 aliphatic carbocycles. The van der Waals surface area contributed by atoms with Crippen molar-refractivity contribution in [1.29, 1.82) is 0 Å². The molecular formula is C21H24N2O3S. The topological polar surface area (TPSA) is 49.9 Å². The van der Waals surface area contributed by atoms with Crippen LogP contribution < -0.4 is 9.64 Å². The molecule has 0 N–H and O–H groups in total. The minimum atomic E-state index is -0.289. The van der Waals surface area contributed by atoms with E-state index in [9.17, 15) is 9.59 Å². The molecule has 1 aromatic heterocycles. The Labute approximate surface area is 163 Å². The maximum atomic E-state index is 13.2. The second kappa shape index (κ2) is 7.35. The van der Waals surface area contributed by atoms with E-state index in [0.29, 0.717) is 12.3 Å². The zero-order valence-electron chi connectivity index (χ0n) is 15.7. The summed E-state index contributed by atoms with van der Waals surface area (Å²) < 4.78 is 5.43. The Bertz CT molecular complexity index is 849. The third-order valence-electron chi connectivity index (χ3n) is 5.51. The summed E-state index contributed by atoms with van der Waals surface area (Å²) in [6, 6.07) is 10.1. The molecule has 2 aliphatic rings. The number of anilines is 1. The van der Waals surface area contributed by atoms with Gasteiger partial charge in [-0.1, -0.05) is 12.1 Å². The molecule has 3 heterocycles. The van der Waals surface area contributed by atoms with E-state index < -0.39 is 0 Å². The lowest BCUT2D eigenvalue weighted by atomic mass is 10.1. The second-order valence-corrected chi connectivity index (χ2v) is 8.27. The molecule has 4 rings (SSSR count). The maximum Gasteiger partial charge on any atom is 0.228 e. The van der Waals surface area contributed by atoms with Crippen LogP contribution in [0.5, 0.6) is 5.75 Å². The van der Waals surface area contributed by atoms with Crippen LogP contribution >= 0.6 is 11.3 Å². The quantitative estimate of drug-likeness (QED) is 0.806. The zero-order valence-corrected chi connectivity index (χ0v) is 16.5. The first kappa shape index (κ1) is 18.0. The fourth-order valence-corrected chi connectivity index (χ4v) is 5.03. The molecule has 2 fully saturated rings. The monoisotopic (exact) mass is 384 g/mol. The number of carbonyl (C=O) groups is 2. The van der Waals surface area contributed by atoms with E-state index in [2.05, 4.69) is 11.4 Å². The molecule has 2 atom stereocenters. The van der Waals surface area contributed by atoms with Crippen molar-refractivity contribution < 1.29 is 14.3 Å². The van der Waals surface area contributed by atoms with Gasteiger partial charge in [-0.15, -0.1) is 11.3 Å². The van der Waals surface area contributed by atoms with Crippen LogP contribution in [0, 0.1) is 12.8 Å². The van der Waals surface area contributed by atoms with Crippen molar-refractivity contribution in [2.45, 2.75) is 32.2 Å². The highest BCUT2D eigenvalue weighted by Crippen LogP contribution is 2.38. The third-order valence-corrected chi connectivity index (χ3v) is 6.48. The Kier molecular flexibility index (Phi) is 4.91. The van der Waals surface area contributed by atoms with Gasteiger partial charge < -0.3 is 14.5 Å². The summed E-state index contributed by atoms with van der Waals surface area (Å²) in [7, 11) is 1.60. The number of carbonyl (C=O) groups excluding carboxylic acids is 2. The molecule has 1 aromatic carbocycles. The van der Waals surface area contributed by atoms with E-state index in [1.165, 1.54) is 4.88 Å². The number of rotatable bonds is 4. The molecule has 0 saturated carbocycles.